The Morgan fingerprint density at radius 3 is 2.31 bits per heavy atom. The zero-order chi connectivity index (χ0) is 10.2. The molecule has 1 rings (SSSR count). The minimum Gasteiger partial charge on any atom is -0.227 e. The molecule has 7 heteroatoms. The zero-order valence-electron chi connectivity index (χ0n) is 6.28. The number of nitrogens with zero attached hydrogens (tertiary/aromatic N) is 2. The van der Waals surface area contributed by atoms with Crippen LogP contribution in [-0.2, 0) is 6.18 Å². The van der Waals surface area contributed by atoms with Crippen molar-refractivity contribution in [2.45, 2.75) is 13.1 Å². The maximum absolute atomic E-state index is 12.3. The highest BCUT2D eigenvalue weighted by Crippen LogP contribution is 2.33. The molecule has 0 atom stereocenters. The first kappa shape index (κ1) is 11.0. The van der Waals surface area contributed by atoms with Gasteiger partial charge in [-0.15, -0.1) is 0 Å². The molecule has 0 unspecified atom stereocenters. The molecule has 13 heavy (non-hydrogen) atoms. The zero-order valence-corrected chi connectivity index (χ0v) is 9.20. The Morgan fingerprint density at radius 1 is 1.31 bits per heavy atom. The van der Waals surface area contributed by atoms with E-state index in [-0.39, 0.29) is 14.5 Å². The van der Waals surface area contributed by atoms with Crippen LogP contribution in [0.4, 0.5) is 13.2 Å². The van der Waals surface area contributed by atoms with Gasteiger partial charge in [-0.25, -0.2) is 9.97 Å². The van der Waals surface area contributed by atoms with Crippen molar-refractivity contribution >= 4 is 34.2 Å². The molecule has 0 bridgehead atoms. The lowest BCUT2D eigenvalue weighted by molar-refractivity contribution is -0.142. The fourth-order valence-corrected chi connectivity index (χ4v) is 1.47. The fourth-order valence-electron chi connectivity index (χ4n) is 0.713. The summed E-state index contributed by atoms with van der Waals surface area (Å²) < 4.78 is 36.6. The number of rotatable bonds is 0. The van der Waals surface area contributed by atoms with Crippen LogP contribution in [-0.4, -0.2) is 9.97 Å². The Bertz CT molecular complexity index is 339. The second-order valence-electron chi connectivity index (χ2n) is 2.22. The number of aryl methyl sites for hydroxylation is 1. The highest BCUT2D eigenvalue weighted by Gasteiger charge is 2.36. The van der Waals surface area contributed by atoms with Crippen LogP contribution in [0.2, 0.25) is 5.15 Å². The van der Waals surface area contributed by atoms with Gasteiger partial charge in [-0.1, -0.05) is 11.6 Å². The van der Waals surface area contributed by atoms with Gasteiger partial charge in [0.05, 0.1) is 3.57 Å². The van der Waals surface area contributed by atoms with Crippen LogP contribution >= 0.6 is 34.2 Å². The fraction of sp³-hybridized carbons (Fsp3) is 0.333. The van der Waals surface area contributed by atoms with E-state index in [1.165, 1.54) is 29.5 Å². The number of hydrogen-bond acceptors (Lipinski definition) is 2. The predicted molar refractivity (Wildman–Crippen MR) is 49.5 cm³/mol. The van der Waals surface area contributed by atoms with Gasteiger partial charge in [0.25, 0.3) is 0 Å². The van der Waals surface area contributed by atoms with Crippen LogP contribution in [0, 0.1) is 10.5 Å². The molecule has 0 aromatic carbocycles. The number of halogens is 5. The van der Waals surface area contributed by atoms with Crippen LogP contribution in [0.3, 0.4) is 0 Å². The second-order valence-corrected chi connectivity index (χ2v) is 3.66. The van der Waals surface area contributed by atoms with E-state index in [2.05, 4.69) is 9.97 Å². The largest absolute Gasteiger partial charge is 0.434 e. The summed E-state index contributed by atoms with van der Waals surface area (Å²) in [4.78, 5) is 6.87. The molecule has 0 radical (unpaired) electrons. The van der Waals surface area contributed by atoms with Crippen molar-refractivity contribution in [2.24, 2.45) is 0 Å². The topological polar surface area (TPSA) is 25.8 Å². The van der Waals surface area contributed by atoms with Crippen molar-refractivity contribution in [3.8, 4) is 0 Å². The molecule has 0 fully saturated rings. The lowest BCUT2D eigenvalue weighted by atomic mass is 10.4. The molecule has 72 valence electrons. The molecular weight excluding hydrogens is 319 g/mol. The third kappa shape index (κ3) is 2.43. The minimum atomic E-state index is -4.48. The SMILES string of the molecule is Cc1nc(Cl)c(I)c(C(F)(F)F)n1. The summed E-state index contributed by atoms with van der Waals surface area (Å²) in [5, 5.41) is -0.166. The molecule has 2 nitrogen and oxygen atoms in total. The van der Waals surface area contributed by atoms with Crippen molar-refractivity contribution in [3.05, 3.63) is 20.2 Å². The number of hydrogen-bond donors (Lipinski definition) is 0. The van der Waals surface area contributed by atoms with Gasteiger partial charge < -0.3 is 0 Å². The normalized spacial score (nSPS) is 11.8. The van der Waals surface area contributed by atoms with E-state index in [1.807, 2.05) is 0 Å². The quantitative estimate of drug-likeness (QED) is 0.542. The molecule has 0 aliphatic carbocycles. The molecule has 0 spiro atoms. The van der Waals surface area contributed by atoms with Crippen molar-refractivity contribution in [3.63, 3.8) is 0 Å². The lowest BCUT2D eigenvalue weighted by Crippen LogP contribution is -2.12. The Morgan fingerprint density at radius 2 is 1.85 bits per heavy atom. The minimum absolute atomic E-state index is 0.0118. The summed E-state index contributed by atoms with van der Waals surface area (Å²) in [6.45, 7) is 1.36. The number of aromatic nitrogens is 2. The average molecular weight is 322 g/mol. The summed E-state index contributed by atoms with van der Waals surface area (Å²) >= 11 is 6.94. The van der Waals surface area contributed by atoms with E-state index in [9.17, 15) is 13.2 Å². The maximum atomic E-state index is 12.3. The van der Waals surface area contributed by atoms with Crippen molar-refractivity contribution in [1.82, 2.24) is 9.97 Å². The van der Waals surface area contributed by atoms with E-state index >= 15 is 0 Å². The third-order valence-electron chi connectivity index (χ3n) is 1.19. The predicted octanol–water partition coefficient (Wildman–Crippen LogP) is 3.06. The van der Waals surface area contributed by atoms with Gasteiger partial charge in [-0.3, -0.25) is 0 Å². The molecule has 0 saturated heterocycles. The molecule has 0 amide bonds. The molecule has 1 heterocycles. The van der Waals surface area contributed by atoms with Gasteiger partial charge in [0.2, 0.25) is 0 Å². The Hall–Kier alpha value is -0.110. The van der Waals surface area contributed by atoms with E-state index in [0.29, 0.717) is 0 Å². The van der Waals surface area contributed by atoms with Crippen LogP contribution in [0.5, 0.6) is 0 Å². The smallest absolute Gasteiger partial charge is 0.227 e. The van der Waals surface area contributed by atoms with Crippen LogP contribution in [0.15, 0.2) is 0 Å². The van der Waals surface area contributed by atoms with Gasteiger partial charge in [-0.2, -0.15) is 13.2 Å². The number of alkyl halides is 3. The van der Waals surface area contributed by atoms with Gasteiger partial charge in [0.15, 0.2) is 5.69 Å². The second kappa shape index (κ2) is 3.56. The van der Waals surface area contributed by atoms with E-state index in [1.54, 1.807) is 0 Å². The molecule has 0 saturated carbocycles. The first-order valence-corrected chi connectivity index (χ1v) is 4.55. The van der Waals surface area contributed by atoms with Crippen molar-refractivity contribution < 1.29 is 13.2 Å². The first-order valence-electron chi connectivity index (χ1n) is 3.09. The molecule has 0 aliphatic heterocycles. The van der Waals surface area contributed by atoms with Gasteiger partial charge in [-0.05, 0) is 29.5 Å². The van der Waals surface area contributed by atoms with Gasteiger partial charge in [0, 0.05) is 0 Å². The van der Waals surface area contributed by atoms with Gasteiger partial charge >= 0.3 is 6.18 Å². The average Bonchev–Trinajstić information content (AvgIpc) is 1.94. The van der Waals surface area contributed by atoms with E-state index in [0.717, 1.165) is 0 Å². The Labute approximate surface area is 90.7 Å². The highest BCUT2D eigenvalue weighted by atomic mass is 127. The third-order valence-corrected chi connectivity index (χ3v) is 2.81. The molecule has 1 aromatic rings. The lowest BCUT2D eigenvalue weighted by Gasteiger charge is -2.08. The van der Waals surface area contributed by atoms with Crippen molar-refractivity contribution in [1.29, 1.82) is 0 Å². The highest BCUT2D eigenvalue weighted by molar-refractivity contribution is 14.1. The summed E-state index contributed by atoms with van der Waals surface area (Å²) in [5.41, 5.74) is -0.981. The summed E-state index contributed by atoms with van der Waals surface area (Å²) in [7, 11) is 0. The summed E-state index contributed by atoms with van der Waals surface area (Å²) in [6.07, 6.45) is -4.48. The Kier molecular flexibility index (Phi) is 3.01. The van der Waals surface area contributed by atoms with Crippen LogP contribution < -0.4 is 0 Å². The van der Waals surface area contributed by atoms with Crippen LogP contribution in [0.25, 0.3) is 0 Å². The molecule has 0 aliphatic rings. The van der Waals surface area contributed by atoms with Crippen LogP contribution in [0.1, 0.15) is 11.5 Å². The summed E-state index contributed by atoms with van der Waals surface area (Å²) in [5.74, 6) is 0.0118. The standard InChI is InChI=1S/C6H3ClF3IN2/c1-2-12-4(6(8,9)10)3(11)5(7)13-2/h1H3. The molecule has 1 aromatic heterocycles. The summed E-state index contributed by atoms with van der Waals surface area (Å²) in [6, 6.07) is 0. The van der Waals surface area contributed by atoms with Crippen molar-refractivity contribution in [2.75, 3.05) is 0 Å². The maximum Gasteiger partial charge on any atom is 0.434 e. The Balaban J connectivity index is 3.37. The first-order chi connectivity index (χ1) is 5.82. The monoisotopic (exact) mass is 322 g/mol. The molecule has 0 N–H and O–H groups in total. The van der Waals surface area contributed by atoms with E-state index in [4.69, 9.17) is 11.6 Å². The molecular formula is C6H3ClF3IN2. The van der Waals surface area contributed by atoms with Gasteiger partial charge in [0.1, 0.15) is 11.0 Å². The van der Waals surface area contributed by atoms with E-state index < -0.39 is 11.9 Å².